The fraction of sp³-hybridized carbons (Fsp3) is 0.500. The summed E-state index contributed by atoms with van der Waals surface area (Å²) in [6, 6.07) is 7.68. The lowest BCUT2D eigenvalue weighted by Gasteiger charge is -2.47. The zero-order valence-electron chi connectivity index (χ0n) is 15.2. The molecule has 2 aliphatic rings. The van der Waals surface area contributed by atoms with Crippen LogP contribution < -0.4 is 0 Å². The Morgan fingerprint density at radius 2 is 2.08 bits per heavy atom. The van der Waals surface area contributed by atoms with Gasteiger partial charge in [-0.05, 0) is 43.5 Å². The number of ether oxygens (including phenoxy) is 1. The first kappa shape index (κ1) is 17.2. The Morgan fingerprint density at radius 3 is 2.77 bits per heavy atom. The molecule has 26 heavy (non-hydrogen) atoms. The molecule has 2 fully saturated rings. The van der Waals surface area contributed by atoms with Gasteiger partial charge in [-0.3, -0.25) is 14.7 Å². The van der Waals surface area contributed by atoms with Gasteiger partial charge in [0.15, 0.2) is 5.76 Å². The summed E-state index contributed by atoms with van der Waals surface area (Å²) >= 11 is 0. The van der Waals surface area contributed by atoms with Crippen molar-refractivity contribution in [3.63, 3.8) is 0 Å². The molecule has 0 bridgehead atoms. The second-order valence-electron chi connectivity index (χ2n) is 7.31. The van der Waals surface area contributed by atoms with Crippen molar-refractivity contribution >= 4 is 5.91 Å². The molecule has 0 aromatic carbocycles. The van der Waals surface area contributed by atoms with Gasteiger partial charge in [-0.2, -0.15) is 0 Å². The number of aromatic nitrogens is 1. The molecular weight excluding hydrogens is 330 g/mol. The normalized spacial score (nSPS) is 20.4. The van der Waals surface area contributed by atoms with E-state index in [1.165, 1.54) is 5.56 Å². The van der Waals surface area contributed by atoms with Crippen molar-refractivity contribution in [1.29, 1.82) is 0 Å². The summed E-state index contributed by atoms with van der Waals surface area (Å²) in [5.41, 5.74) is 1.08. The first-order valence-electron chi connectivity index (χ1n) is 9.25. The fourth-order valence-electron chi connectivity index (χ4n) is 3.93. The Morgan fingerprint density at radius 1 is 1.23 bits per heavy atom. The number of piperidine rings is 1. The van der Waals surface area contributed by atoms with Crippen molar-refractivity contribution in [2.24, 2.45) is 0 Å². The number of amides is 1. The number of carbonyl (C=O) groups is 1. The molecule has 1 spiro atoms. The first-order chi connectivity index (χ1) is 12.6. The van der Waals surface area contributed by atoms with Crippen LogP contribution in [0.25, 0.3) is 0 Å². The second-order valence-corrected chi connectivity index (χ2v) is 7.31. The summed E-state index contributed by atoms with van der Waals surface area (Å²) in [5.74, 6) is 1.18. The van der Waals surface area contributed by atoms with E-state index < -0.39 is 0 Å². The van der Waals surface area contributed by atoms with Crippen molar-refractivity contribution in [1.82, 2.24) is 14.8 Å². The largest absolute Gasteiger partial charge is 0.456 e. The van der Waals surface area contributed by atoms with E-state index >= 15 is 0 Å². The van der Waals surface area contributed by atoms with Gasteiger partial charge in [-0.15, -0.1) is 0 Å². The van der Waals surface area contributed by atoms with E-state index in [1.807, 2.05) is 30.2 Å². The van der Waals surface area contributed by atoms with Crippen LogP contribution in [-0.4, -0.2) is 59.1 Å². The maximum absolute atomic E-state index is 12.6. The molecular formula is C20H25N3O3. The van der Waals surface area contributed by atoms with Gasteiger partial charge >= 0.3 is 0 Å². The Kier molecular flexibility index (Phi) is 4.78. The van der Waals surface area contributed by atoms with Crippen LogP contribution >= 0.6 is 0 Å². The molecule has 6 heteroatoms. The Labute approximate surface area is 153 Å². The summed E-state index contributed by atoms with van der Waals surface area (Å²) in [6.45, 7) is 6.75. The molecule has 2 saturated heterocycles. The zero-order chi connectivity index (χ0) is 18.0. The lowest BCUT2D eigenvalue weighted by atomic mass is 9.89. The molecule has 0 N–H and O–H groups in total. The maximum atomic E-state index is 12.6. The van der Waals surface area contributed by atoms with Crippen molar-refractivity contribution in [3.8, 4) is 0 Å². The number of furan rings is 1. The average Bonchev–Trinajstić information content (AvgIpc) is 3.09. The number of hydrogen-bond donors (Lipinski definition) is 0. The van der Waals surface area contributed by atoms with Crippen LogP contribution in [0.5, 0.6) is 0 Å². The number of morpholine rings is 1. The van der Waals surface area contributed by atoms with Gasteiger partial charge in [0.05, 0.1) is 12.2 Å². The number of likely N-dealkylation sites (tertiary alicyclic amines) is 1. The number of rotatable bonds is 3. The molecule has 4 heterocycles. The fourth-order valence-corrected chi connectivity index (χ4v) is 3.93. The molecule has 0 radical (unpaired) electrons. The minimum atomic E-state index is -0.143. The maximum Gasteiger partial charge on any atom is 0.289 e. The Balaban J connectivity index is 1.36. The molecule has 0 saturated carbocycles. The lowest BCUT2D eigenvalue weighted by molar-refractivity contribution is -0.134. The molecule has 0 aliphatic carbocycles. The van der Waals surface area contributed by atoms with Gasteiger partial charge < -0.3 is 14.1 Å². The van der Waals surface area contributed by atoms with E-state index in [0.717, 1.165) is 44.8 Å². The molecule has 0 atom stereocenters. The average molecular weight is 355 g/mol. The predicted octanol–water partition coefficient (Wildman–Crippen LogP) is 2.49. The van der Waals surface area contributed by atoms with Crippen LogP contribution in [0.2, 0.25) is 0 Å². The van der Waals surface area contributed by atoms with Crippen molar-refractivity contribution in [2.75, 3.05) is 32.8 Å². The highest BCUT2D eigenvalue weighted by Gasteiger charge is 2.41. The topological polar surface area (TPSA) is 58.8 Å². The zero-order valence-corrected chi connectivity index (χ0v) is 15.2. The monoisotopic (exact) mass is 355 g/mol. The van der Waals surface area contributed by atoms with E-state index in [-0.39, 0.29) is 11.5 Å². The highest BCUT2D eigenvalue weighted by molar-refractivity contribution is 5.91. The van der Waals surface area contributed by atoms with Crippen molar-refractivity contribution < 1.29 is 13.9 Å². The van der Waals surface area contributed by atoms with Gasteiger partial charge in [0.25, 0.3) is 5.91 Å². The summed E-state index contributed by atoms with van der Waals surface area (Å²) in [4.78, 5) is 21.1. The van der Waals surface area contributed by atoms with E-state index in [1.54, 1.807) is 12.3 Å². The second kappa shape index (κ2) is 7.21. The van der Waals surface area contributed by atoms with E-state index in [9.17, 15) is 4.79 Å². The third-order valence-electron chi connectivity index (χ3n) is 5.37. The quantitative estimate of drug-likeness (QED) is 0.847. The van der Waals surface area contributed by atoms with Gasteiger partial charge in [-0.25, -0.2) is 0 Å². The molecule has 2 aromatic heterocycles. The SMILES string of the molecule is Cc1ccc(C(=O)N2CCC3(CC2)CN(Cc2cccnc2)CCO3)o1. The molecule has 138 valence electrons. The van der Waals surface area contributed by atoms with Gasteiger partial charge in [0.1, 0.15) is 5.76 Å². The smallest absolute Gasteiger partial charge is 0.289 e. The van der Waals surface area contributed by atoms with Crippen LogP contribution in [0, 0.1) is 6.92 Å². The standard InChI is InChI=1S/C20H25N3O3/c1-16-4-5-18(26-16)19(24)23-9-6-20(7-10-23)15-22(11-12-25-20)14-17-3-2-8-21-13-17/h2-5,8,13H,6-7,9-12,14-15H2,1H3. The van der Waals surface area contributed by atoms with Crippen LogP contribution in [0.1, 0.15) is 34.7 Å². The van der Waals surface area contributed by atoms with E-state index in [2.05, 4.69) is 16.0 Å². The number of aryl methyl sites for hydroxylation is 1. The third kappa shape index (κ3) is 3.66. The number of nitrogens with zero attached hydrogens (tertiary/aromatic N) is 3. The predicted molar refractivity (Wildman–Crippen MR) is 96.8 cm³/mol. The van der Waals surface area contributed by atoms with Crippen molar-refractivity contribution in [3.05, 3.63) is 53.7 Å². The first-order valence-corrected chi connectivity index (χ1v) is 9.25. The number of hydrogen-bond acceptors (Lipinski definition) is 5. The van der Waals surface area contributed by atoms with Crippen LogP contribution in [0.4, 0.5) is 0 Å². The molecule has 2 aliphatic heterocycles. The van der Waals surface area contributed by atoms with Gasteiger partial charge in [-0.1, -0.05) is 6.07 Å². The van der Waals surface area contributed by atoms with E-state index in [4.69, 9.17) is 9.15 Å². The third-order valence-corrected chi connectivity index (χ3v) is 5.37. The lowest BCUT2D eigenvalue weighted by Crippen LogP contribution is -2.57. The minimum Gasteiger partial charge on any atom is -0.456 e. The summed E-state index contributed by atoms with van der Waals surface area (Å²) in [5, 5.41) is 0. The minimum absolute atomic E-state index is 0.0176. The molecule has 0 unspecified atom stereocenters. The number of pyridine rings is 1. The van der Waals surface area contributed by atoms with Crippen molar-refractivity contribution in [2.45, 2.75) is 31.9 Å². The Bertz CT molecular complexity index is 751. The highest BCUT2D eigenvalue weighted by Crippen LogP contribution is 2.31. The summed E-state index contributed by atoms with van der Waals surface area (Å²) in [7, 11) is 0. The molecule has 2 aromatic rings. The van der Waals surface area contributed by atoms with E-state index in [0.29, 0.717) is 18.8 Å². The summed E-state index contributed by atoms with van der Waals surface area (Å²) < 4.78 is 11.7. The van der Waals surface area contributed by atoms with Crippen LogP contribution in [0.3, 0.4) is 0 Å². The molecule has 6 nitrogen and oxygen atoms in total. The summed E-state index contributed by atoms with van der Waals surface area (Å²) in [6.07, 6.45) is 5.45. The van der Waals surface area contributed by atoms with Gasteiger partial charge in [0, 0.05) is 45.1 Å². The van der Waals surface area contributed by atoms with Gasteiger partial charge in [0.2, 0.25) is 0 Å². The Hall–Kier alpha value is -2.18. The number of carbonyl (C=O) groups excluding carboxylic acids is 1. The highest BCUT2D eigenvalue weighted by atomic mass is 16.5. The molecule has 4 rings (SSSR count). The van der Waals surface area contributed by atoms with Crippen LogP contribution in [0.15, 0.2) is 41.1 Å². The van der Waals surface area contributed by atoms with Crippen LogP contribution in [-0.2, 0) is 11.3 Å². The molecule has 1 amide bonds.